The third kappa shape index (κ3) is 3.41. The standard InChI is InChI=1S/C10H10BrCl2F/c11-9-1-2-10(14)8(4-9)3-7(5-12)6-13/h1-2,4,7H,3,5-6H2. The van der Waals surface area contributed by atoms with E-state index < -0.39 is 0 Å². The first-order chi connectivity index (χ1) is 6.67. The van der Waals surface area contributed by atoms with Crippen molar-refractivity contribution in [3.63, 3.8) is 0 Å². The Bertz CT molecular complexity index is 300. The Balaban J connectivity index is 2.79. The van der Waals surface area contributed by atoms with Crippen LogP contribution in [0.4, 0.5) is 4.39 Å². The fraction of sp³-hybridized carbons (Fsp3) is 0.400. The fourth-order valence-electron chi connectivity index (χ4n) is 1.16. The van der Waals surface area contributed by atoms with Gasteiger partial charge in [0.1, 0.15) is 5.82 Å². The molecule has 0 aliphatic carbocycles. The molecule has 0 radical (unpaired) electrons. The quantitative estimate of drug-likeness (QED) is 0.730. The largest absolute Gasteiger partial charge is 0.207 e. The molecule has 0 atom stereocenters. The Morgan fingerprint density at radius 3 is 2.50 bits per heavy atom. The predicted molar refractivity (Wildman–Crippen MR) is 62.7 cm³/mol. The Morgan fingerprint density at radius 2 is 1.93 bits per heavy atom. The van der Waals surface area contributed by atoms with Crippen molar-refractivity contribution in [1.29, 1.82) is 0 Å². The van der Waals surface area contributed by atoms with E-state index in [-0.39, 0.29) is 11.7 Å². The number of alkyl halides is 2. The molecule has 14 heavy (non-hydrogen) atoms. The Hall–Kier alpha value is 0.210. The maximum Gasteiger partial charge on any atom is 0.126 e. The molecule has 0 heterocycles. The van der Waals surface area contributed by atoms with E-state index in [1.165, 1.54) is 6.07 Å². The summed E-state index contributed by atoms with van der Waals surface area (Å²) in [5, 5.41) is 0. The van der Waals surface area contributed by atoms with Crippen LogP contribution in [0, 0.1) is 11.7 Å². The molecule has 0 bridgehead atoms. The van der Waals surface area contributed by atoms with Crippen LogP contribution in [-0.4, -0.2) is 11.8 Å². The van der Waals surface area contributed by atoms with Gasteiger partial charge in [-0.1, -0.05) is 15.9 Å². The molecule has 0 aromatic heterocycles. The summed E-state index contributed by atoms with van der Waals surface area (Å²) in [5.74, 6) is 0.834. The van der Waals surface area contributed by atoms with Crippen LogP contribution >= 0.6 is 39.1 Å². The summed E-state index contributed by atoms with van der Waals surface area (Å²) in [6, 6.07) is 4.88. The first-order valence-electron chi connectivity index (χ1n) is 4.23. The van der Waals surface area contributed by atoms with Crippen molar-refractivity contribution in [2.75, 3.05) is 11.8 Å². The smallest absolute Gasteiger partial charge is 0.126 e. The number of rotatable bonds is 4. The molecule has 1 aromatic rings. The fourth-order valence-corrected chi connectivity index (χ4v) is 2.12. The van der Waals surface area contributed by atoms with Gasteiger partial charge < -0.3 is 0 Å². The molecule has 1 rings (SSSR count). The zero-order valence-corrected chi connectivity index (χ0v) is 10.5. The molecule has 0 aliphatic heterocycles. The lowest BCUT2D eigenvalue weighted by atomic mass is 10.0. The molecule has 0 saturated heterocycles. The first-order valence-corrected chi connectivity index (χ1v) is 6.09. The van der Waals surface area contributed by atoms with E-state index >= 15 is 0 Å². The molecule has 0 saturated carbocycles. The van der Waals surface area contributed by atoms with Crippen LogP contribution in [0.15, 0.2) is 22.7 Å². The minimum absolute atomic E-state index is 0.127. The van der Waals surface area contributed by atoms with Crippen LogP contribution in [0.5, 0.6) is 0 Å². The summed E-state index contributed by atoms with van der Waals surface area (Å²) >= 11 is 14.7. The van der Waals surface area contributed by atoms with E-state index in [0.29, 0.717) is 23.7 Å². The first kappa shape index (κ1) is 12.3. The van der Waals surface area contributed by atoms with Crippen molar-refractivity contribution < 1.29 is 4.39 Å². The van der Waals surface area contributed by atoms with Crippen LogP contribution in [0.25, 0.3) is 0 Å². The molecule has 0 unspecified atom stereocenters. The normalized spacial score (nSPS) is 10.9. The SMILES string of the molecule is Fc1ccc(Br)cc1CC(CCl)CCl. The summed E-state index contributed by atoms with van der Waals surface area (Å²) in [6.07, 6.45) is 0.582. The van der Waals surface area contributed by atoms with Gasteiger partial charge in [-0.3, -0.25) is 0 Å². The maximum absolute atomic E-state index is 13.3. The lowest BCUT2D eigenvalue weighted by Gasteiger charge is -2.10. The van der Waals surface area contributed by atoms with E-state index in [2.05, 4.69) is 15.9 Å². The van der Waals surface area contributed by atoms with Crippen molar-refractivity contribution in [3.05, 3.63) is 34.1 Å². The second kappa shape index (κ2) is 5.94. The molecule has 0 amide bonds. The summed E-state index contributed by atoms with van der Waals surface area (Å²) in [4.78, 5) is 0. The minimum atomic E-state index is -0.201. The zero-order chi connectivity index (χ0) is 10.6. The van der Waals surface area contributed by atoms with E-state index in [0.717, 1.165) is 4.47 Å². The van der Waals surface area contributed by atoms with E-state index in [1.807, 2.05) is 0 Å². The number of benzene rings is 1. The highest BCUT2D eigenvalue weighted by Crippen LogP contribution is 2.19. The zero-order valence-electron chi connectivity index (χ0n) is 7.44. The molecule has 0 nitrogen and oxygen atoms in total. The molecule has 4 heteroatoms. The highest BCUT2D eigenvalue weighted by atomic mass is 79.9. The van der Waals surface area contributed by atoms with E-state index in [9.17, 15) is 4.39 Å². The van der Waals surface area contributed by atoms with Crippen molar-refractivity contribution in [2.45, 2.75) is 6.42 Å². The molecule has 0 fully saturated rings. The molecular weight excluding hydrogens is 290 g/mol. The number of hydrogen-bond acceptors (Lipinski definition) is 0. The van der Waals surface area contributed by atoms with Crippen LogP contribution < -0.4 is 0 Å². The number of halogens is 4. The molecule has 0 aliphatic rings. The summed E-state index contributed by atoms with van der Waals surface area (Å²) < 4.78 is 14.2. The average Bonchev–Trinajstić information content (AvgIpc) is 2.19. The van der Waals surface area contributed by atoms with Crippen molar-refractivity contribution >= 4 is 39.1 Å². The summed E-state index contributed by atoms with van der Waals surface area (Å²) in [7, 11) is 0. The Morgan fingerprint density at radius 1 is 1.29 bits per heavy atom. The third-order valence-corrected chi connectivity index (χ3v) is 3.32. The van der Waals surface area contributed by atoms with Gasteiger partial charge in [0.05, 0.1) is 0 Å². The predicted octanol–water partition coefficient (Wildman–Crippen LogP) is 4.22. The van der Waals surface area contributed by atoms with Crippen molar-refractivity contribution in [2.24, 2.45) is 5.92 Å². The maximum atomic E-state index is 13.3. The van der Waals surface area contributed by atoms with E-state index in [4.69, 9.17) is 23.2 Å². The van der Waals surface area contributed by atoms with Gasteiger partial charge in [0, 0.05) is 16.2 Å². The average molecular weight is 300 g/mol. The van der Waals surface area contributed by atoms with Gasteiger partial charge in [0.2, 0.25) is 0 Å². The van der Waals surface area contributed by atoms with Gasteiger partial charge in [-0.05, 0) is 36.1 Å². The topological polar surface area (TPSA) is 0 Å². The van der Waals surface area contributed by atoms with E-state index in [1.54, 1.807) is 12.1 Å². The van der Waals surface area contributed by atoms with Gasteiger partial charge in [0.15, 0.2) is 0 Å². The summed E-state index contributed by atoms with van der Waals surface area (Å²) in [5.41, 5.74) is 0.658. The van der Waals surface area contributed by atoms with Crippen LogP contribution in [0.1, 0.15) is 5.56 Å². The lowest BCUT2D eigenvalue weighted by Crippen LogP contribution is -2.09. The Labute approximate surface area is 102 Å². The van der Waals surface area contributed by atoms with Crippen molar-refractivity contribution in [1.82, 2.24) is 0 Å². The van der Waals surface area contributed by atoms with Gasteiger partial charge in [-0.15, -0.1) is 23.2 Å². The van der Waals surface area contributed by atoms with Crippen molar-refractivity contribution in [3.8, 4) is 0 Å². The number of hydrogen-bond donors (Lipinski definition) is 0. The van der Waals surface area contributed by atoms with Crippen LogP contribution in [-0.2, 0) is 6.42 Å². The second-order valence-corrected chi connectivity index (χ2v) is 4.65. The molecule has 1 aromatic carbocycles. The molecule has 0 spiro atoms. The van der Waals surface area contributed by atoms with Crippen LogP contribution in [0.2, 0.25) is 0 Å². The molecule has 0 N–H and O–H groups in total. The van der Waals surface area contributed by atoms with Gasteiger partial charge in [0.25, 0.3) is 0 Å². The second-order valence-electron chi connectivity index (χ2n) is 3.11. The molecular formula is C10H10BrCl2F. The highest BCUT2D eigenvalue weighted by molar-refractivity contribution is 9.10. The minimum Gasteiger partial charge on any atom is -0.207 e. The summed E-state index contributed by atoms with van der Waals surface area (Å²) in [6.45, 7) is 0. The lowest BCUT2D eigenvalue weighted by molar-refractivity contribution is 0.578. The van der Waals surface area contributed by atoms with Gasteiger partial charge >= 0.3 is 0 Å². The monoisotopic (exact) mass is 298 g/mol. The highest BCUT2D eigenvalue weighted by Gasteiger charge is 2.10. The molecule has 78 valence electrons. The van der Waals surface area contributed by atoms with Crippen LogP contribution in [0.3, 0.4) is 0 Å². The van der Waals surface area contributed by atoms with Gasteiger partial charge in [-0.25, -0.2) is 4.39 Å². The third-order valence-electron chi connectivity index (χ3n) is 1.95. The Kier molecular flexibility index (Phi) is 5.21. The van der Waals surface area contributed by atoms with Gasteiger partial charge in [-0.2, -0.15) is 0 Å².